The quantitative estimate of drug-likeness (QED) is 0.837. The summed E-state index contributed by atoms with van der Waals surface area (Å²) in [5.41, 5.74) is 0.637. The highest BCUT2D eigenvalue weighted by molar-refractivity contribution is 5.49. The van der Waals surface area contributed by atoms with Crippen LogP contribution in [0.2, 0.25) is 0 Å². The van der Waals surface area contributed by atoms with Gasteiger partial charge in [0.1, 0.15) is 17.3 Å². The molecule has 0 heterocycles. The van der Waals surface area contributed by atoms with Crippen molar-refractivity contribution in [3.63, 3.8) is 0 Å². The van der Waals surface area contributed by atoms with E-state index in [1.165, 1.54) is 24.3 Å². The van der Waals surface area contributed by atoms with Crippen LogP contribution >= 0.6 is 0 Å². The van der Waals surface area contributed by atoms with Crippen LogP contribution in [0.3, 0.4) is 0 Å². The molecule has 7 heteroatoms. The van der Waals surface area contributed by atoms with E-state index in [-0.39, 0.29) is 23.6 Å². The number of benzene rings is 2. The second-order valence-corrected chi connectivity index (χ2v) is 4.20. The van der Waals surface area contributed by atoms with E-state index in [1.807, 2.05) is 0 Å². The highest BCUT2D eigenvalue weighted by atomic mass is 19.4. The highest BCUT2D eigenvalue weighted by Gasteiger charge is 2.31. The van der Waals surface area contributed by atoms with Crippen molar-refractivity contribution in [2.24, 2.45) is 0 Å². The zero-order valence-corrected chi connectivity index (χ0v) is 10.6. The van der Waals surface area contributed by atoms with Gasteiger partial charge in [-0.15, -0.1) is 13.2 Å². The summed E-state index contributed by atoms with van der Waals surface area (Å²) in [4.78, 5) is 0. The second-order valence-electron chi connectivity index (χ2n) is 4.20. The molecule has 0 atom stereocenters. The first-order valence-corrected chi connectivity index (χ1v) is 5.90. The Morgan fingerprint density at radius 2 is 1.86 bits per heavy atom. The molecule has 2 N–H and O–H groups in total. The molecular weight excluding hydrogens is 290 g/mol. The molecule has 0 aliphatic carbocycles. The number of halogens is 4. The molecule has 0 fully saturated rings. The van der Waals surface area contributed by atoms with Gasteiger partial charge in [-0.3, -0.25) is 0 Å². The second kappa shape index (κ2) is 5.90. The fourth-order valence-electron chi connectivity index (χ4n) is 1.70. The summed E-state index contributed by atoms with van der Waals surface area (Å²) in [6, 6.07) is 8.68. The number of hydrogen-bond donors (Lipinski definition) is 2. The predicted molar refractivity (Wildman–Crippen MR) is 68.5 cm³/mol. The van der Waals surface area contributed by atoms with Crippen LogP contribution in [0.25, 0.3) is 0 Å². The number of hydrogen-bond acceptors (Lipinski definition) is 3. The Morgan fingerprint density at radius 3 is 2.57 bits per heavy atom. The van der Waals surface area contributed by atoms with E-state index < -0.39 is 12.2 Å². The Kier molecular flexibility index (Phi) is 4.21. The first kappa shape index (κ1) is 15.0. The molecule has 0 saturated heterocycles. The topological polar surface area (TPSA) is 41.5 Å². The van der Waals surface area contributed by atoms with Crippen molar-refractivity contribution in [3.05, 3.63) is 53.8 Å². The number of rotatable bonds is 4. The van der Waals surface area contributed by atoms with Crippen molar-refractivity contribution in [2.45, 2.75) is 12.9 Å². The third-order valence-corrected chi connectivity index (χ3v) is 2.59. The molecule has 112 valence electrons. The van der Waals surface area contributed by atoms with E-state index in [1.54, 1.807) is 0 Å². The minimum absolute atomic E-state index is 0.0546. The van der Waals surface area contributed by atoms with Gasteiger partial charge in [0.25, 0.3) is 0 Å². The molecule has 0 aromatic heterocycles. The van der Waals surface area contributed by atoms with Crippen molar-refractivity contribution in [1.29, 1.82) is 0 Å². The first-order chi connectivity index (χ1) is 9.83. The monoisotopic (exact) mass is 301 g/mol. The fraction of sp³-hybridized carbons (Fsp3) is 0.143. The third-order valence-electron chi connectivity index (χ3n) is 2.59. The van der Waals surface area contributed by atoms with Crippen molar-refractivity contribution in [1.82, 2.24) is 0 Å². The van der Waals surface area contributed by atoms with Crippen LogP contribution in [-0.4, -0.2) is 11.5 Å². The lowest BCUT2D eigenvalue weighted by Crippen LogP contribution is -2.17. The van der Waals surface area contributed by atoms with Crippen LogP contribution in [-0.2, 0) is 6.54 Å². The molecule has 2 rings (SSSR count). The van der Waals surface area contributed by atoms with Crippen molar-refractivity contribution < 1.29 is 27.4 Å². The zero-order valence-electron chi connectivity index (χ0n) is 10.6. The third kappa shape index (κ3) is 4.55. The molecule has 0 spiro atoms. The average molecular weight is 301 g/mol. The van der Waals surface area contributed by atoms with Gasteiger partial charge in [0.15, 0.2) is 0 Å². The summed E-state index contributed by atoms with van der Waals surface area (Å²) in [6.07, 6.45) is -4.76. The molecule has 0 amide bonds. The summed E-state index contributed by atoms with van der Waals surface area (Å²) in [5.74, 6) is -0.985. The molecule has 0 unspecified atom stereocenters. The highest BCUT2D eigenvalue weighted by Crippen LogP contribution is 2.26. The van der Waals surface area contributed by atoms with Gasteiger partial charge in [0, 0.05) is 23.9 Å². The smallest absolute Gasteiger partial charge is 0.508 e. The van der Waals surface area contributed by atoms with E-state index in [9.17, 15) is 22.7 Å². The number of ether oxygens (including phenoxy) is 1. The number of nitrogens with one attached hydrogen (secondary N) is 1. The Labute approximate surface area is 117 Å². The van der Waals surface area contributed by atoms with Crippen LogP contribution in [0, 0.1) is 5.82 Å². The molecule has 0 bridgehead atoms. The van der Waals surface area contributed by atoms with Gasteiger partial charge in [0.2, 0.25) is 0 Å². The van der Waals surface area contributed by atoms with Gasteiger partial charge in [0.05, 0.1) is 0 Å². The fourth-order valence-corrected chi connectivity index (χ4v) is 1.70. The van der Waals surface area contributed by atoms with Crippen molar-refractivity contribution in [2.75, 3.05) is 5.32 Å². The number of anilines is 1. The zero-order chi connectivity index (χ0) is 15.5. The summed E-state index contributed by atoms with van der Waals surface area (Å²) in [5, 5.41) is 12.3. The van der Waals surface area contributed by atoms with Crippen LogP contribution in [0.5, 0.6) is 11.5 Å². The van der Waals surface area contributed by atoms with Crippen molar-refractivity contribution >= 4 is 5.69 Å². The SMILES string of the molecule is Oc1ccc(F)cc1CNc1cccc(OC(F)(F)F)c1. The molecule has 2 aromatic carbocycles. The lowest BCUT2D eigenvalue weighted by molar-refractivity contribution is -0.274. The molecule has 0 aliphatic rings. The maximum Gasteiger partial charge on any atom is 0.573 e. The molecule has 0 aliphatic heterocycles. The maximum atomic E-state index is 13.0. The molecule has 0 radical (unpaired) electrons. The van der Waals surface area contributed by atoms with Gasteiger partial charge in [-0.2, -0.15) is 0 Å². The Hall–Kier alpha value is -2.44. The van der Waals surface area contributed by atoms with Crippen LogP contribution in [0.1, 0.15) is 5.56 Å². The minimum Gasteiger partial charge on any atom is -0.508 e. The Bertz CT molecular complexity index is 629. The van der Waals surface area contributed by atoms with Gasteiger partial charge >= 0.3 is 6.36 Å². The summed E-state index contributed by atoms with van der Waals surface area (Å²) >= 11 is 0. The van der Waals surface area contributed by atoms with Gasteiger partial charge < -0.3 is 15.2 Å². The van der Waals surface area contributed by atoms with E-state index in [2.05, 4.69) is 10.1 Å². The molecule has 0 saturated carbocycles. The average Bonchev–Trinajstić information content (AvgIpc) is 2.38. The Balaban J connectivity index is 2.06. The molecule has 2 aromatic rings. The first-order valence-electron chi connectivity index (χ1n) is 5.90. The normalized spacial score (nSPS) is 11.2. The predicted octanol–water partition coefficient (Wildman–Crippen LogP) is 4.04. The summed E-state index contributed by atoms with van der Waals surface area (Å²) < 4.78 is 53.1. The number of aromatic hydroxyl groups is 1. The molecular formula is C14H11F4NO2. The Morgan fingerprint density at radius 1 is 1.10 bits per heavy atom. The maximum absolute atomic E-state index is 13.0. The van der Waals surface area contributed by atoms with E-state index in [4.69, 9.17) is 0 Å². The molecule has 3 nitrogen and oxygen atoms in total. The lowest BCUT2D eigenvalue weighted by Gasteiger charge is -2.12. The number of phenols is 1. The van der Waals surface area contributed by atoms with Crippen LogP contribution in [0.15, 0.2) is 42.5 Å². The largest absolute Gasteiger partial charge is 0.573 e. The standard InChI is InChI=1S/C14H11F4NO2/c15-10-4-5-13(20)9(6-10)8-19-11-2-1-3-12(7-11)21-14(16,17)18/h1-7,19-20H,8H2. The van der Waals surface area contributed by atoms with Gasteiger partial charge in [-0.1, -0.05) is 6.07 Å². The van der Waals surface area contributed by atoms with Gasteiger partial charge in [-0.25, -0.2) is 4.39 Å². The molecule has 21 heavy (non-hydrogen) atoms. The van der Waals surface area contributed by atoms with Crippen LogP contribution < -0.4 is 10.1 Å². The van der Waals surface area contributed by atoms with Crippen LogP contribution in [0.4, 0.5) is 23.2 Å². The minimum atomic E-state index is -4.76. The van der Waals surface area contributed by atoms with E-state index >= 15 is 0 Å². The summed E-state index contributed by atoms with van der Waals surface area (Å²) in [7, 11) is 0. The van der Waals surface area contributed by atoms with Crippen molar-refractivity contribution in [3.8, 4) is 11.5 Å². The van der Waals surface area contributed by atoms with Gasteiger partial charge in [-0.05, 0) is 30.3 Å². The number of alkyl halides is 3. The number of phenolic OH excluding ortho intramolecular Hbond substituents is 1. The summed E-state index contributed by atoms with van der Waals surface area (Å²) in [6.45, 7) is 0.0546. The lowest BCUT2D eigenvalue weighted by atomic mass is 10.2. The van der Waals surface area contributed by atoms with E-state index in [0.29, 0.717) is 5.69 Å². The van der Waals surface area contributed by atoms with E-state index in [0.717, 1.165) is 18.2 Å².